The lowest BCUT2D eigenvalue weighted by Crippen LogP contribution is -2.24. The minimum atomic E-state index is -0.0339. The summed E-state index contributed by atoms with van der Waals surface area (Å²) in [5, 5.41) is 4.98. The Kier molecular flexibility index (Phi) is 4.35. The summed E-state index contributed by atoms with van der Waals surface area (Å²) in [5.74, 6) is 1.38. The van der Waals surface area contributed by atoms with Crippen LogP contribution >= 0.6 is 11.3 Å². The monoisotopic (exact) mass is 352 g/mol. The lowest BCUT2D eigenvalue weighted by Gasteiger charge is -2.07. The van der Waals surface area contributed by atoms with Crippen LogP contribution < -0.4 is 14.8 Å². The van der Waals surface area contributed by atoms with Crippen LogP contribution in [0.1, 0.15) is 11.1 Å². The number of nitrogens with one attached hydrogen (secondary N) is 1. The van der Waals surface area contributed by atoms with Gasteiger partial charge in [-0.15, -0.1) is 11.3 Å². The van der Waals surface area contributed by atoms with Crippen molar-refractivity contribution in [2.75, 3.05) is 6.79 Å². The van der Waals surface area contributed by atoms with Crippen molar-refractivity contribution in [3.63, 3.8) is 0 Å². The van der Waals surface area contributed by atoms with Gasteiger partial charge in [-0.2, -0.15) is 0 Å². The molecule has 4 rings (SSSR count). The smallest absolute Gasteiger partial charge is 0.231 e. The fourth-order valence-corrected chi connectivity index (χ4v) is 3.34. The molecule has 0 saturated carbocycles. The van der Waals surface area contributed by atoms with Gasteiger partial charge in [0.15, 0.2) is 11.5 Å². The molecule has 1 aliphatic heterocycles. The summed E-state index contributed by atoms with van der Waals surface area (Å²) in [7, 11) is 0. The van der Waals surface area contributed by atoms with Crippen LogP contribution in [0.5, 0.6) is 11.5 Å². The molecule has 0 spiro atoms. The molecule has 0 unspecified atom stereocenters. The Morgan fingerprint density at radius 3 is 2.92 bits per heavy atom. The Morgan fingerprint density at radius 1 is 1.12 bits per heavy atom. The molecule has 0 aliphatic carbocycles. The lowest BCUT2D eigenvalue weighted by molar-refractivity contribution is -0.120. The predicted octanol–water partition coefficient (Wildman–Crippen LogP) is 3.40. The zero-order valence-electron chi connectivity index (χ0n) is 13.4. The number of hydrogen-bond donors (Lipinski definition) is 1. The minimum Gasteiger partial charge on any atom is -0.454 e. The van der Waals surface area contributed by atoms with E-state index in [4.69, 9.17) is 9.47 Å². The van der Waals surface area contributed by atoms with E-state index < -0.39 is 0 Å². The molecule has 1 aliphatic rings. The van der Waals surface area contributed by atoms with E-state index in [1.807, 2.05) is 47.8 Å². The zero-order chi connectivity index (χ0) is 17.1. The highest BCUT2D eigenvalue weighted by Crippen LogP contribution is 2.32. The van der Waals surface area contributed by atoms with Crippen molar-refractivity contribution in [1.82, 2.24) is 10.3 Å². The first-order valence-electron chi connectivity index (χ1n) is 7.92. The molecule has 5 nitrogen and oxygen atoms in total. The SMILES string of the molecule is O=C(Cc1ccc2c(c1)OCO2)NCc1ccnc(-c2cccs2)c1. The van der Waals surface area contributed by atoms with Gasteiger partial charge in [-0.3, -0.25) is 9.78 Å². The van der Waals surface area contributed by atoms with E-state index in [0.717, 1.165) is 27.4 Å². The highest BCUT2D eigenvalue weighted by atomic mass is 32.1. The van der Waals surface area contributed by atoms with E-state index >= 15 is 0 Å². The number of pyridine rings is 1. The van der Waals surface area contributed by atoms with E-state index in [0.29, 0.717) is 18.7 Å². The molecule has 1 N–H and O–H groups in total. The second-order valence-electron chi connectivity index (χ2n) is 5.67. The number of aromatic nitrogens is 1. The molecule has 1 aromatic carbocycles. The first-order valence-corrected chi connectivity index (χ1v) is 8.80. The number of rotatable bonds is 5. The van der Waals surface area contributed by atoms with Gasteiger partial charge in [0.05, 0.1) is 17.0 Å². The molecule has 1 amide bonds. The van der Waals surface area contributed by atoms with Gasteiger partial charge in [-0.25, -0.2) is 0 Å². The molecule has 3 aromatic rings. The summed E-state index contributed by atoms with van der Waals surface area (Å²) in [5.41, 5.74) is 2.85. The van der Waals surface area contributed by atoms with Crippen LogP contribution in [0.15, 0.2) is 54.0 Å². The normalized spacial score (nSPS) is 12.2. The van der Waals surface area contributed by atoms with Gasteiger partial charge in [0.25, 0.3) is 0 Å². The Bertz CT molecular complexity index is 893. The standard InChI is InChI=1S/C19H16N2O3S/c22-19(10-13-3-4-16-17(9-13)24-12-23-16)21-11-14-5-6-20-15(8-14)18-2-1-7-25-18/h1-9H,10-12H2,(H,21,22). The summed E-state index contributed by atoms with van der Waals surface area (Å²) in [4.78, 5) is 17.7. The van der Waals surface area contributed by atoms with Crippen molar-refractivity contribution >= 4 is 17.2 Å². The van der Waals surface area contributed by atoms with Gasteiger partial charge in [0.2, 0.25) is 12.7 Å². The van der Waals surface area contributed by atoms with Gasteiger partial charge >= 0.3 is 0 Å². The molecule has 25 heavy (non-hydrogen) atoms. The van der Waals surface area contributed by atoms with E-state index in [2.05, 4.69) is 10.3 Å². The van der Waals surface area contributed by atoms with E-state index in [9.17, 15) is 4.79 Å². The summed E-state index contributed by atoms with van der Waals surface area (Å²) in [6.45, 7) is 0.712. The maximum absolute atomic E-state index is 12.2. The Morgan fingerprint density at radius 2 is 2.04 bits per heavy atom. The number of carbonyl (C=O) groups excluding carboxylic acids is 1. The van der Waals surface area contributed by atoms with Crippen molar-refractivity contribution in [2.24, 2.45) is 0 Å². The predicted molar refractivity (Wildman–Crippen MR) is 95.7 cm³/mol. The Labute approximate surface area is 149 Å². The number of benzene rings is 1. The number of thiophene rings is 1. The quantitative estimate of drug-likeness (QED) is 0.765. The molecular weight excluding hydrogens is 336 g/mol. The first kappa shape index (κ1) is 15.7. The first-order chi connectivity index (χ1) is 12.3. The maximum atomic E-state index is 12.2. The second-order valence-corrected chi connectivity index (χ2v) is 6.62. The average Bonchev–Trinajstić information content (AvgIpc) is 3.31. The number of amides is 1. The fourth-order valence-electron chi connectivity index (χ4n) is 2.64. The minimum absolute atomic E-state index is 0.0339. The van der Waals surface area contributed by atoms with E-state index in [-0.39, 0.29) is 12.7 Å². The maximum Gasteiger partial charge on any atom is 0.231 e. The van der Waals surface area contributed by atoms with Crippen LogP contribution in [0.2, 0.25) is 0 Å². The van der Waals surface area contributed by atoms with Gasteiger partial charge < -0.3 is 14.8 Å². The van der Waals surface area contributed by atoms with Gasteiger partial charge in [0.1, 0.15) is 0 Å². The third kappa shape index (κ3) is 3.64. The van der Waals surface area contributed by atoms with Gasteiger partial charge in [-0.05, 0) is 46.8 Å². The Hall–Kier alpha value is -2.86. The highest BCUT2D eigenvalue weighted by molar-refractivity contribution is 7.13. The van der Waals surface area contributed by atoms with Gasteiger partial charge in [0, 0.05) is 12.7 Å². The lowest BCUT2D eigenvalue weighted by atomic mass is 10.1. The van der Waals surface area contributed by atoms with Crippen LogP contribution in [-0.2, 0) is 17.8 Å². The summed E-state index contributed by atoms with van der Waals surface area (Å²) in [6.07, 6.45) is 2.08. The highest BCUT2D eigenvalue weighted by Gasteiger charge is 2.14. The van der Waals surface area contributed by atoms with Crippen molar-refractivity contribution < 1.29 is 14.3 Å². The molecular formula is C19H16N2O3S. The largest absolute Gasteiger partial charge is 0.454 e. The van der Waals surface area contributed by atoms with Crippen molar-refractivity contribution in [2.45, 2.75) is 13.0 Å². The third-order valence-electron chi connectivity index (χ3n) is 3.89. The zero-order valence-corrected chi connectivity index (χ0v) is 14.2. The van der Waals surface area contributed by atoms with Crippen molar-refractivity contribution in [3.8, 4) is 22.1 Å². The molecule has 0 bridgehead atoms. The summed E-state index contributed by atoms with van der Waals surface area (Å²) < 4.78 is 10.6. The third-order valence-corrected chi connectivity index (χ3v) is 4.78. The van der Waals surface area contributed by atoms with Crippen LogP contribution in [0.25, 0.3) is 10.6 Å². The molecule has 0 radical (unpaired) electrons. The number of hydrogen-bond acceptors (Lipinski definition) is 5. The molecule has 0 saturated heterocycles. The number of ether oxygens (including phenoxy) is 2. The molecule has 0 atom stereocenters. The van der Waals surface area contributed by atoms with E-state index in [1.165, 1.54) is 0 Å². The van der Waals surface area contributed by atoms with Crippen LogP contribution in [0.4, 0.5) is 0 Å². The number of nitrogens with zero attached hydrogens (tertiary/aromatic N) is 1. The molecule has 6 heteroatoms. The second kappa shape index (κ2) is 6.94. The average molecular weight is 352 g/mol. The molecule has 2 aromatic heterocycles. The van der Waals surface area contributed by atoms with Crippen molar-refractivity contribution in [3.05, 3.63) is 65.2 Å². The van der Waals surface area contributed by atoms with Gasteiger partial charge in [-0.1, -0.05) is 12.1 Å². The number of fused-ring (bicyclic) bond motifs is 1. The van der Waals surface area contributed by atoms with Crippen molar-refractivity contribution in [1.29, 1.82) is 0 Å². The van der Waals surface area contributed by atoms with Crippen LogP contribution in [0, 0.1) is 0 Å². The molecule has 3 heterocycles. The summed E-state index contributed by atoms with van der Waals surface area (Å²) >= 11 is 1.65. The molecule has 126 valence electrons. The Balaban J connectivity index is 1.37. The topological polar surface area (TPSA) is 60.5 Å². The van der Waals surface area contributed by atoms with E-state index in [1.54, 1.807) is 17.5 Å². The van der Waals surface area contributed by atoms with Crippen LogP contribution in [-0.4, -0.2) is 17.7 Å². The summed E-state index contributed by atoms with van der Waals surface area (Å²) in [6, 6.07) is 13.5. The molecule has 0 fully saturated rings. The van der Waals surface area contributed by atoms with Crippen LogP contribution in [0.3, 0.4) is 0 Å². The number of carbonyl (C=O) groups is 1. The fraction of sp³-hybridized carbons (Fsp3) is 0.158.